The molecule has 6 heteroatoms. The van der Waals surface area contributed by atoms with Gasteiger partial charge in [0.2, 0.25) is 0 Å². The summed E-state index contributed by atoms with van der Waals surface area (Å²) in [5.41, 5.74) is -0.164. The van der Waals surface area contributed by atoms with Crippen molar-refractivity contribution >= 4 is 5.91 Å². The van der Waals surface area contributed by atoms with Crippen LogP contribution in [0.3, 0.4) is 0 Å². The minimum absolute atomic E-state index is 0.164. The van der Waals surface area contributed by atoms with Gasteiger partial charge in [-0.1, -0.05) is 0 Å². The average molecular weight is 244 g/mol. The molecule has 17 heavy (non-hydrogen) atoms. The number of nitrogens with zero attached hydrogens (tertiary/aromatic N) is 1. The Bertz CT molecular complexity index is 421. The zero-order chi connectivity index (χ0) is 12.4. The second-order valence-electron chi connectivity index (χ2n) is 3.80. The number of carbonyl (C=O) groups is 1. The highest BCUT2D eigenvalue weighted by Gasteiger charge is 2.21. The summed E-state index contributed by atoms with van der Waals surface area (Å²) in [5.74, 6) is -4.72. The molecule has 1 amide bonds. The van der Waals surface area contributed by atoms with Gasteiger partial charge in [0.15, 0.2) is 17.5 Å². The Morgan fingerprint density at radius 3 is 2.18 bits per heavy atom. The molecule has 2 rings (SSSR count). The molecule has 0 spiro atoms. The quantitative estimate of drug-likeness (QED) is 0.751. The molecule has 0 unspecified atom stereocenters. The lowest BCUT2D eigenvalue weighted by Gasteiger charge is -2.27. The number of hydrogen-bond donors (Lipinski definition) is 1. The lowest BCUT2D eigenvalue weighted by molar-refractivity contribution is 0.0734. The Kier molecular flexibility index (Phi) is 3.33. The summed E-state index contributed by atoms with van der Waals surface area (Å²) >= 11 is 0. The molecule has 1 aromatic rings. The first kappa shape index (κ1) is 11.9. The first-order valence-corrected chi connectivity index (χ1v) is 5.24. The maximum atomic E-state index is 13.0. The van der Waals surface area contributed by atoms with Crippen molar-refractivity contribution in [3.63, 3.8) is 0 Å². The van der Waals surface area contributed by atoms with Crippen LogP contribution in [-0.2, 0) is 0 Å². The van der Waals surface area contributed by atoms with Crippen molar-refractivity contribution in [1.82, 2.24) is 10.2 Å². The van der Waals surface area contributed by atoms with Crippen molar-refractivity contribution in [2.75, 3.05) is 26.2 Å². The highest BCUT2D eigenvalue weighted by atomic mass is 19.2. The zero-order valence-corrected chi connectivity index (χ0v) is 8.97. The first-order chi connectivity index (χ1) is 8.09. The highest BCUT2D eigenvalue weighted by molar-refractivity contribution is 5.94. The number of halogens is 3. The van der Waals surface area contributed by atoms with Gasteiger partial charge in [-0.2, -0.15) is 0 Å². The molecule has 1 heterocycles. The van der Waals surface area contributed by atoms with Gasteiger partial charge >= 0.3 is 0 Å². The van der Waals surface area contributed by atoms with Gasteiger partial charge in [0.05, 0.1) is 0 Å². The van der Waals surface area contributed by atoms with Gasteiger partial charge < -0.3 is 10.2 Å². The molecule has 1 aliphatic heterocycles. The number of rotatable bonds is 1. The maximum Gasteiger partial charge on any atom is 0.254 e. The third-order valence-corrected chi connectivity index (χ3v) is 2.63. The second kappa shape index (κ2) is 4.75. The third kappa shape index (κ3) is 2.41. The monoisotopic (exact) mass is 244 g/mol. The fraction of sp³-hybridized carbons (Fsp3) is 0.364. The number of piperazine rings is 1. The number of nitrogens with one attached hydrogen (secondary N) is 1. The van der Waals surface area contributed by atoms with Gasteiger partial charge in [-0.3, -0.25) is 4.79 Å². The number of hydrogen-bond acceptors (Lipinski definition) is 2. The van der Waals surface area contributed by atoms with Crippen molar-refractivity contribution in [3.05, 3.63) is 35.1 Å². The highest BCUT2D eigenvalue weighted by Crippen LogP contribution is 2.15. The normalized spacial score (nSPS) is 16.1. The van der Waals surface area contributed by atoms with Crippen LogP contribution in [0.5, 0.6) is 0 Å². The molecule has 0 saturated carbocycles. The van der Waals surface area contributed by atoms with Crippen LogP contribution in [0.1, 0.15) is 10.4 Å². The maximum absolute atomic E-state index is 13.0. The first-order valence-electron chi connectivity index (χ1n) is 5.24. The van der Waals surface area contributed by atoms with E-state index >= 15 is 0 Å². The predicted molar refractivity (Wildman–Crippen MR) is 55.1 cm³/mol. The van der Waals surface area contributed by atoms with Crippen LogP contribution >= 0.6 is 0 Å². The minimum atomic E-state index is -1.55. The molecule has 1 N–H and O–H groups in total. The number of amides is 1. The van der Waals surface area contributed by atoms with Crippen molar-refractivity contribution in [3.8, 4) is 0 Å². The van der Waals surface area contributed by atoms with Gasteiger partial charge in [0.25, 0.3) is 5.91 Å². The van der Waals surface area contributed by atoms with Gasteiger partial charge in [-0.25, -0.2) is 13.2 Å². The van der Waals surface area contributed by atoms with E-state index in [-0.39, 0.29) is 5.56 Å². The van der Waals surface area contributed by atoms with Crippen LogP contribution < -0.4 is 5.32 Å². The summed E-state index contributed by atoms with van der Waals surface area (Å²) < 4.78 is 38.7. The van der Waals surface area contributed by atoms with E-state index in [1.54, 1.807) is 0 Å². The lowest BCUT2D eigenvalue weighted by atomic mass is 10.1. The minimum Gasteiger partial charge on any atom is -0.336 e. The van der Waals surface area contributed by atoms with E-state index in [1.807, 2.05) is 0 Å². The van der Waals surface area contributed by atoms with Gasteiger partial charge in [0, 0.05) is 31.7 Å². The average Bonchev–Trinajstić information content (AvgIpc) is 2.35. The number of benzene rings is 1. The second-order valence-corrected chi connectivity index (χ2v) is 3.80. The molecule has 0 aliphatic carbocycles. The summed E-state index contributed by atoms with van der Waals surface area (Å²) in [4.78, 5) is 13.3. The van der Waals surface area contributed by atoms with Crippen LogP contribution in [0.2, 0.25) is 0 Å². The summed E-state index contributed by atoms with van der Waals surface area (Å²) in [5, 5.41) is 3.05. The molecular formula is C11H11F3N2O. The summed E-state index contributed by atoms with van der Waals surface area (Å²) in [6.45, 7) is 2.22. The van der Waals surface area contributed by atoms with Gasteiger partial charge in [0.1, 0.15) is 0 Å². The fourth-order valence-electron chi connectivity index (χ4n) is 1.73. The molecule has 0 aromatic heterocycles. The van der Waals surface area contributed by atoms with E-state index in [0.29, 0.717) is 26.2 Å². The molecule has 0 bridgehead atoms. The Morgan fingerprint density at radius 2 is 1.65 bits per heavy atom. The molecule has 1 aromatic carbocycles. The van der Waals surface area contributed by atoms with Crippen molar-refractivity contribution in [2.24, 2.45) is 0 Å². The SMILES string of the molecule is O=C(c1cc(F)c(F)c(F)c1)N1CCNCC1. The van der Waals surface area contributed by atoms with E-state index < -0.39 is 23.4 Å². The van der Waals surface area contributed by atoms with Crippen molar-refractivity contribution < 1.29 is 18.0 Å². The fourth-order valence-corrected chi connectivity index (χ4v) is 1.73. The number of carbonyl (C=O) groups excluding carboxylic acids is 1. The summed E-state index contributed by atoms with van der Waals surface area (Å²) in [6.07, 6.45) is 0. The standard InChI is InChI=1S/C11H11F3N2O/c12-8-5-7(6-9(13)10(8)14)11(17)16-3-1-15-2-4-16/h5-6,15H,1-4H2. The predicted octanol–water partition coefficient (Wildman–Crippen LogP) is 1.15. The molecule has 3 nitrogen and oxygen atoms in total. The summed E-state index contributed by atoms with van der Waals surface area (Å²) in [6, 6.07) is 1.45. The molecular weight excluding hydrogens is 233 g/mol. The van der Waals surface area contributed by atoms with Crippen LogP contribution in [-0.4, -0.2) is 37.0 Å². The third-order valence-electron chi connectivity index (χ3n) is 2.63. The zero-order valence-electron chi connectivity index (χ0n) is 8.97. The summed E-state index contributed by atoms with van der Waals surface area (Å²) in [7, 11) is 0. The van der Waals surface area contributed by atoms with E-state index in [2.05, 4.69) is 5.32 Å². The molecule has 1 aliphatic rings. The van der Waals surface area contributed by atoms with Crippen LogP contribution in [0.4, 0.5) is 13.2 Å². The Morgan fingerprint density at radius 1 is 1.12 bits per heavy atom. The van der Waals surface area contributed by atoms with E-state index in [1.165, 1.54) is 4.90 Å². The van der Waals surface area contributed by atoms with Crippen molar-refractivity contribution in [1.29, 1.82) is 0 Å². The van der Waals surface area contributed by atoms with Gasteiger partial charge in [-0.05, 0) is 12.1 Å². The molecule has 1 fully saturated rings. The molecule has 0 atom stereocenters. The largest absolute Gasteiger partial charge is 0.336 e. The van der Waals surface area contributed by atoms with Crippen LogP contribution in [0.25, 0.3) is 0 Å². The Balaban J connectivity index is 2.24. The molecule has 92 valence electrons. The van der Waals surface area contributed by atoms with Crippen molar-refractivity contribution in [2.45, 2.75) is 0 Å². The van der Waals surface area contributed by atoms with E-state index in [9.17, 15) is 18.0 Å². The Labute approximate surface area is 96.2 Å². The van der Waals surface area contributed by atoms with E-state index in [0.717, 1.165) is 12.1 Å². The topological polar surface area (TPSA) is 32.3 Å². The Hall–Kier alpha value is -1.56. The van der Waals surface area contributed by atoms with Gasteiger partial charge in [-0.15, -0.1) is 0 Å². The molecule has 0 radical (unpaired) electrons. The van der Waals surface area contributed by atoms with Crippen LogP contribution in [0, 0.1) is 17.5 Å². The van der Waals surface area contributed by atoms with Crippen LogP contribution in [0.15, 0.2) is 12.1 Å². The van der Waals surface area contributed by atoms with E-state index in [4.69, 9.17) is 0 Å². The lowest BCUT2D eigenvalue weighted by Crippen LogP contribution is -2.46. The smallest absolute Gasteiger partial charge is 0.254 e. The molecule has 1 saturated heterocycles.